The Hall–Kier alpha value is -1.40. The molecule has 2 aromatic rings. The van der Waals surface area contributed by atoms with E-state index in [4.69, 9.17) is 9.26 Å². The van der Waals surface area contributed by atoms with Crippen molar-refractivity contribution in [3.63, 3.8) is 0 Å². The van der Waals surface area contributed by atoms with Crippen LogP contribution in [0, 0.1) is 0 Å². The van der Waals surface area contributed by atoms with Crippen LogP contribution >= 0.6 is 15.9 Å². The molecule has 0 bridgehead atoms. The molecule has 6 heteroatoms. The standard InChI is InChI=1S/C11H11BrN2O3/c1-6(15)10-13-11(17-14-10)8-4-3-7(12)5-9(8)16-2/h3-6,15H,1-2H3. The fraction of sp³-hybridized carbons (Fsp3) is 0.273. The highest BCUT2D eigenvalue weighted by atomic mass is 79.9. The first kappa shape index (κ1) is 12.1. The van der Waals surface area contributed by atoms with Crippen molar-refractivity contribution < 1.29 is 14.4 Å². The molecule has 5 nitrogen and oxygen atoms in total. The lowest BCUT2D eigenvalue weighted by Crippen LogP contribution is -1.93. The minimum absolute atomic E-state index is 0.255. The lowest BCUT2D eigenvalue weighted by Gasteiger charge is -2.04. The molecule has 0 saturated carbocycles. The number of hydrogen-bond acceptors (Lipinski definition) is 5. The zero-order chi connectivity index (χ0) is 12.4. The SMILES string of the molecule is COc1cc(Br)ccc1-c1nc(C(C)O)no1. The number of methoxy groups -OCH3 is 1. The summed E-state index contributed by atoms with van der Waals surface area (Å²) in [4.78, 5) is 4.10. The van der Waals surface area contributed by atoms with Crippen molar-refractivity contribution in [1.29, 1.82) is 0 Å². The molecule has 1 unspecified atom stereocenters. The monoisotopic (exact) mass is 298 g/mol. The molecule has 1 N–H and O–H groups in total. The van der Waals surface area contributed by atoms with E-state index in [-0.39, 0.29) is 5.82 Å². The van der Waals surface area contributed by atoms with Gasteiger partial charge >= 0.3 is 0 Å². The van der Waals surface area contributed by atoms with Gasteiger partial charge in [0.15, 0.2) is 5.82 Å². The molecule has 0 aliphatic rings. The quantitative estimate of drug-likeness (QED) is 0.943. The van der Waals surface area contributed by atoms with Crippen LogP contribution < -0.4 is 4.74 Å². The summed E-state index contributed by atoms with van der Waals surface area (Å²) in [5.74, 6) is 1.20. The number of halogens is 1. The van der Waals surface area contributed by atoms with Crippen molar-refractivity contribution in [2.45, 2.75) is 13.0 Å². The van der Waals surface area contributed by atoms with Crippen LogP contribution in [0.25, 0.3) is 11.5 Å². The topological polar surface area (TPSA) is 68.4 Å². The first-order valence-corrected chi connectivity index (χ1v) is 5.76. The van der Waals surface area contributed by atoms with Crippen LogP contribution in [0.15, 0.2) is 27.2 Å². The fourth-order valence-electron chi connectivity index (χ4n) is 1.36. The Morgan fingerprint density at radius 1 is 1.47 bits per heavy atom. The Labute approximate surface area is 107 Å². The molecule has 0 saturated heterocycles. The van der Waals surface area contributed by atoms with Gasteiger partial charge in [0.2, 0.25) is 0 Å². The van der Waals surface area contributed by atoms with Gasteiger partial charge in [0.05, 0.1) is 12.7 Å². The summed E-state index contributed by atoms with van der Waals surface area (Å²) in [6.07, 6.45) is -0.756. The van der Waals surface area contributed by atoms with Gasteiger partial charge in [0.25, 0.3) is 5.89 Å². The van der Waals surface area contributed by atoms with E-state index in [2.05, 4.69) is 26.1 Å². The lowest BCUT2D eigenvalue weighted by atomic mass is 10.2. The van der Waals surface area contributed by atoms with Crippen LogP contribution in [-0.2, 0) is 0 Å². The normalized spacial score (nSPS) is 12.5. The Bertz CT molecular complexity index is 525. The maximum atomic E-state index is 9.33. The summed E-state index contributed by atoms with van der Waals surface area (Å²) in [5.41, 5.74) is 0.690. The van der Waals surface area contributed by atoms with Crippen molar-refractivity contribution in [2.75, 3.05) is 7.11 Å². The predicted octanol–water partition coefficient (Wildman–Crippen LogP) is 2.56. The zero-order valence-electron chi connectivity index (χ0n) is 9.35. The smallest absolute Gasteiger partial charge is 0.261 e. The Morgan fingerprint density at radius 3 is 2.82 bits per heavy atom. The average Bonchev–Trinajstić information content (AvgIpc) is 2.78. The van der Waals surface area contributed by atoms with E-state index in [1.54, 1.807) is 14.0 Å². The minimum atomic E-state index is -0.756. The molecule has 1 aromatic heterocycles. The van der Waals surface area contributed by atoms with E-state index >= 15 is 0 Å². The Morgan fingerprint density at radius 2 is 2.24 bits per heavy atom. The molecule has 2 rings (SSSR count). The van der Waals surface area contributed by atoms with Crippen molar-refractivity contribution in [2.24, 2.45) is 0 Å². The maximum Gasteiger partial charge on any atom is 0.261 e. The summed E-state index contributed by atoms with van der Waals surface area (Å²) >= 11 is 3.35. The molecule has 0 fully saturated rings. The van der Waals surface area contributed by atoms with Gasteiger partial charge in [-0.2, -0.15) is 4.98 Å². The number of aliphatic hydroxyl groups excluding tert-OH is 1. The van der Waals surface area contributed by atoms with Crippen LogP contribution in [0.5, 0.6) is 5.75 Å². The summed E-state index contributed by atoms with van der Waals surface area (Å²) in [6, 6.07) is 5.47. The molecule has 0 spiro atoms. The van der Waals surface area contributed by atoms with Gasteiger partial charge in [0, 0.05) is 4.47 Å². The van der Waals surface area contributed by atoms with Crippen LogP contribution in [0.3, 0.4) is 0 Å². The first-order valence-electron chi connectivity index (χ1n) is 4.97. The summed E-state index contributed by atoms with van der Waals surface area (Å²) in [7, 11) is 1.57. The van der Waals surface area contributed by atoms with Crippen LogP contribution in [0.2, 0.25) is 0 Å². The molecule has 17 heavy (non-hydrogen) atoms. The summed E-state index contributed by atoms with van der Waals surface area (Å²) < 4.78 is 11.2. The Kier molecular flexibility index (Phi) is 3.44. The van der Waals surface area contributed by atoms with Gasteiger partial charge in [-0.3, -0.25) is 0 Å². The molecule has 1 atom stereocenters. The average molecular weight is 299 g/mol. The molecule has 0 radical (unpaired) electrons. The van der Waals surface area contributed by atoms with Crippen molar-refractivity contribution in [1.82, 2.24) is 10.1 Å². The second kappa shape index (κ2) is 4.85. The molecule has 0 amide bonds. The van der Waals surface area contributed by atoms with Gasteiger partial charge in [-0.05, 0) is 25.1 Å². The molecule has 0 aliphatic heterocycles. The molecular weight excluding hydrogens is 288 g/mol. The second-order valence-corrected chi connectivity index (χ2v) is 4.39. The number of hydrogen-bond donors (Lipinski definition) is 1. The van der Waals surface area contributed by atoms with Crippen LogP contribution in [-0.4, -0.2) is 22.4 Å². The highest BCUT2D eigenvalue weighted by molar-refractivity contribution is 9.10. The number of rotatable bonds is 3. The van der Waals surface area contributed by atoms with E-state index in [1.807, 2.05) is 18.2 Å². The number of aliphatic hydroxyl groups is 1. The number of benzene rings is 1. The zero-order valence-corrected chi connectivity index (χ0v) is 10.9. The van der Waals surface area contributed by atoms with Gasteiger partial charge in [-0.25, -0.2) is 0 Å². The van der Waals surface area contributed by atoms with Crippen LogP contribution in [0.4, 0.5) is 0 Å². The van der Waals surface area contributed by atoms with Gasteiger partial charge < -0.3 is 14.4 Å². The summed E-state index contributed by atoms with van der Waals surface area (Å²) in [5, 5.41) is 13.0. The first-order chi connectivity index (χ1) is 8.11. The highest BCUT2D eigenvalue weighted by Crippen LogP contribution is 2.31. The molecule has 0 aliphatic carbocycles. The van der Waals surface area contributed by atoms with Crippen molar-refractivity contribution >= 4 is 15.9 Å². The number of nitrogens with zero attached hydrogens (tertiary/aromatic N) is 2. The van der Waals surface area contributed by atoms with Crippen molar-refractivity contribution in [3.8, 4) is 17.2 Å². The highest BCUT2D eigenvalue weighted by Gasteiger charge is 2.16. The molecular formula is C11H11BrN2O3. The molecule has 1 heterocycles. The van der Waals surface area contributed by atoms with E-state index in [1.165, 1.54) is 0 Å². The third-order valence-electron chi connectivity index (χ3n) is 2.21. The fourth-order valence-corrected chi connectivity index (χ4v) is 1.70. The third kappa shape index (κ3) is 2.48. The molecule has 90 valence electrons. The van der Waals surface area contributed by atoms with E-state index in [9.17, 15) is 5.11 Å². The van der Waals surface area contributed by atoms with E-state index < -0.39 is 6.10 Å². The van der Waals surface area contributed by atoms with Gasteiger partial charge in [0.1, 0.15) is 11.9 Å². The van der Waals surface area contributed by atoms with Crippen molar-refractivity contribution in [3.05, 3.63) is 28.5 Å². The Balaban J connectivity index is 2.44. The summed E-state index contributed by atoms with van der Waals surface area (Å²) in [6.45, 7) is 1.58. The molecule has 1 aromatic carbocycles. The predicted molar refractivity (Wildman–Crippen MR) is 64.6 cm³/mol. The minimum Gasteiger partial charge on any atom is -0.496 e. The number of ether oxygens (including phenoxy) is 1. The van der Waals surface area contributed by atoms with E-state index in [0.29, 0.717) is 17.2 Å². The maximum absolute atomic E-state index is 9.33. The van der Waals surface area contributed by atoms with E-state index in [0.717, 1.165) is 4.47 Å². The number of aromatic nitrogens is 2. The van der Waals surface area contributed by atoms with Gasteiger partial charge in [-0.15, -0.1) is 0 Å². The van der Waals surface area contributed by atoms with Crippen LogP contribution in [0.1, 0.15) is 18.9 Å². The lowest BCUT2D eigenvalue weighted by molar-refractivity contribution is 0.184. The third-order valence-corrected chi connectivity index (χ3v) is 2.70. The largest absolute Gasteiger partial charge is 0.496 e. The second-order valence-electron chi connectivity index (χ2n) is 3.48. The van der Waals surface area contributed by atoms with Gasteiger partial charge in [-0.1, -0.05) is 21.1 Å².